The van der Waals surface area contributed by atoms with Crippen LogP contribution in [-0.2, 0) is 9.59 Å². The SMILES string of the molecule is CCN(C)C(C)=CC=C(C)C1=C(O)C(=C2C(=O)N(C(C)C)N=C2C)C1=O. The summed E-state index contributed by atoms with van der Waals surface area (Å²) in [5.74, 6) is -0.773. The van der Waals surface area contributed by atoms with Gasteiger partial charge in [-0.2, -0.15) is 5.10 Å². The highest BCUT2D eigenvalue weighted by Gasteiger charge is 2.42. The Morgan fingerprint density at radius 3 is 2.31 bits per heavy atom. The van der Waals surface area contributed by atoms with Crippen LogP contribution in [0.3, 0.4) is 0 Å². The monoisotopic (exact) mass is 357 g/mol. The Kier molecular flexibility index (Phi) is 5.54. The highest BCUT2D eigenvalue weighted by atomic mass is 16.3. The van der Waals surface area contributed by atoms with Crippen molar-refractivity contribution < 1.29 is 14.7 Å². The van der Waals surface area contributed by atoms with Gasteiger partial charge in [-0.25, -0.2) is 5.01 Å². The van der Waals surface area contributed by atoms with E-state index in [-0.39, 0.29) is 40.2 Å². The van der Waals surface area contributed by atoms with Gasteiger partial charge in [0.2, 0.25) is 5.78 Å². The number of aliphatic hydroxyl groups excluding tert-OH is 1. The summed E-state index contributed by atoms with van der Waals surface area (Å²) in [5.41, 5.74) is 2.72. The number of aliphatic hydroxyl groups is 1. The Morgan fingerprint density at radius 2 is 1.85 bits per heavy atom. The minimum absolute atomic E-state index is 0.0773. The Balaban J connectivity index is 2.39. The number of hydrogen-bond donors (Lipinski definition) is 1. The first-order chi connectivity index (χ1) is 12.1. The molecule has 1 N–H and O–H groups in total. The fourth-order valence-corrected chi connectivity index (χ4v) is 2.87. The third-order valence-electron chi connectivity index (χ3n) is 4.75. The molecule has 0 radical (unpaired) electrons. The smallest absolute Gasteiger partial charge is 0.277 e. The second-order valence-corrected chi connectivity index (χ2v) is 6.90. The van der Waals surface area contributed by atoms with E-state index in [1.807, 2.05) is 40.0 Å². The molecule has 0 saturated heterocycles. The summed E-state index contributed by atoms with van der Waals surface area (Å²) < 4.78 is 0. The summed E-state index contributed by atoms with van der Waals surface area (Å²) in [4.78, 5) is 27.2. The number of Topliss-reactive ketones (excluding diaryl/α,β-unsaturated/α-hetero) is 1. The number of hydrogen-bond acceptors (Lipinski definition) is 5. The molecular weight excluding hydrogens is 330 g/mol. The van der Waals surface area contributed by atoms with Gasteiger partial charge in [0.05, 0.1) is 28.5 Å². The molecule has 1 amide bonds. The van der Waals surface area contributed by atoms with Crippen molar-refractivity contribution in [3.8, 4) is 0 Å². The summed E-state index contributed by atoms with van der Waals surface area (Å²) in [6.07, 6.45) is 3.72. The molecule has 1 aliphatic heterocycles. The molecule has 6 heteroatoms. The Morgan fingerprint density at radius 1 is 1.23 bits per heavy atom. The predicted molar refractivity (Wildman–Crippen MR) is 103 cm³/mol. The van der Waals surface area contributed by atoms with Gasteiger partial charge >= 0.3 is 0 Å². The van der Waals surface area contributed by atoms with Crippen molar-refractivity contribution in [1.82, 2.24) is 9.91 Å². The maximum Gasteiger partial charge on any atom is 0.277 e. The molecule has 0 aromatic rings. The first kappa shape index (κ1) is 19.7. The molecule has 0 bridgehead atoms. The van der Waals surface area contributed by atoms with Gasteiger partial charge in [0.15, 0.2) is 0 Å². The van der Waals surface area contributed by atoms with Crippen LogP contribution in [0.25, 0.3) is 0 Å². The van der Waals surface area contributed by atoms with Crippen molar-refractivity contribution in [2.45, 2.75) is 47.6 Å². The molecule has 26 heavy (non-hydrogen) atoms. The molecular formula is C20H27N3O3. The van der Waals surface area contributed by atoms with E-state index in [2.05, 4.69) is 16.9 Å². The van der Waals surface area contributed by atoms with Crippen LogP contribution in [0.1, 0.15) is 41.5 Å². The van der Waals surface area contributed by atoms with Gasteiger partial charge in [0, 0.05) is 19.3 Å². The predicted octanol–water partition coefficient (Wildman–Crippen LogP) is 3.11. The van der Waals surface area contributed by atoms with Crippen molar-refractivity contribution in [1.29, 1.82) is 0 Å². The summed E-state index contributed by atoms with van der Waals surface area (Å²) in [6, 6.07) is -0.110. The molecule has 0 aromatic carbocycles. The van der Waals surface area contributed by atoms with E-state index in [4.69, 9.17) is 0 Å². The third-order valence-corrected chi connectivity index (χ3v) is 4.75. The molecule has 0 unspecified atom stereocenters. The lowest BCUT2D eigenvalue weighted by Gasteiger charge is -2.24. The second-order valence-electron chi connectivity index (χ2n) is 6.90. The minimum atomic E-state index is -0.339. The molecule has 2 rings (SSSR count). The van der Waals surface area contributed by atoms with Gasteiger partial charge in [-0.15, -0.1) is 0 Å². The molecule has 0 spiro atoms. The Bertz CT molecular complexity index is 810. The van der Waals surface area contributed by atoms with Crippen LogP contribution in [0, 0.1) is 0 Å². The number of rotatable bonds is 5. The summed E-state index contributed by atoms with van der Waals surface area (Å²) in [5, 5.41) is 16.0. The lowest BCUT2D eigenvalue weighted by atomic mass is 9.80. The molecule has 1 aliphatic carbocycles. The van der Waals surface area contributed by atoms with E-state index in [1.54, 1.807) is 13.8 Å². The minimum Gasteiger partial charge on any atom is -0.506 e. The van der Waals surface area contributed by atoms with Crippen LogP contribution in [-0.4, -0.2) is 52.1 Å². The average molecular weight is 357 g/mol. The van der Waals surface area contributed by atoms with Crippen LogP contribution in [0.2, 0.25) is 0 Å². The average Bonchev–Trinajstić information content (AvgIpc) is 2.87. The van der Waals surface area contributed by atoms with E-state index in [0.29, 0.717) is 11.3 Å². The molecule has 2 aliphatic rings. The van der Waals surface area contributed by atoms with Crippen molar-refractivity contribution in [2.75, 3.05) is 13.6 Å². The molecule has 1 heterocycles. The normalized spacial score (nSPS) is 21.7. The van der Waals surface area contributed by atoms with Crippen molar-refractivity contribution >= 4 is 17.4 Å². The maximum absolute atomic E-state index is 12.6. The number of amides is 1. The first-order valence-electron chi connectivity index (χ1n) is 8.80. The zero-order valence-electron chi connectivity index (χ0n) is 16.5. The highest BCUT2D eigenvalue weighted by molar-refractivity contribution is 6.34. The van der Waals surface area contributed by atoms with Gasteiger partial charge in [-0.1, -0.05) is 6.08 Å². The van der Waals surface area contributed by atoms with Crippen molar-refractivity contribution in [3.05, 3.63) is 45.9 Å². The largest absolute Gasteiger partial charge is 0.506 e. The van der Waals surface area contributed by atoms with E-state index >= 15 is 0 Å². The molecule has 6 nitrogen and oxygen atoms in total. The first-order valence-corrected chi connectivity index (χ1v) is 8.80. The fourth-order valence-electron chi connectivity index (χ4n) is 2.87. The fraction of sp³-hybridized carbons (Fsp3) is 0.450. The maximum atomic E-state index is 12.6. The summed E-state index contributed by atoms with van der Waals surface area (Å²) >= 11 is 0. The summed E-state index contributed by atoms with van der Waals surface area (Å²) in [7, 11) is 1.98. The second kappa shape index (κ2) is 7.32. The molecule has 0 aromatic heterocycles. The van der Waals surface area contributed by atoms with Crippen LogP contribution in [0.4, 0.5) is 0 Å². The van der Waals surface area contributed by atoms with Crippen LogP contribution in [0.5, 0.6) is 0 Å². The quantitative estimate of drug-likeness (QED) is 0.606. The number of carbonyl (C=O) groups is 2. The molecule has 0 atom stereocenters. The van der Waals surface area contributed by atoms with Crippen LogP contribution in [0.15, 0.2) is 51.0 Å². The topological polar surface area (TPSA) is 73.2 Å². The molecule has 0 saturated carbocycles. The number of hydrazone groups is 1. The van der Waals surface area contributed by atoms with Crippen molar-refractivity contribution in [3.63, 3.8) is 0 Å². The van der Waals surface area contributed by atoms with Crippen LogP contribution >= 0.6 is 0 Å². The van der Waals surface area contributed by atoms with E-state index < -0.39 is 0 Å². The summed E-state index contributed by atoms with van der Waals surface area (Å²) in [6.45, 7) is 12.1. The molecule has 0 fully saturated rings. The van der Waals surface area contributed by atoms with Crippen molar-refractivity contribution in [2.24, 2.45) is 5.10 Å². The van der Waals surface area contributed by atoms with E-state index in [9.17, 15) is 14.7 Å². The van der Waals surface area contributed by atoms with Gasteiger partial charge in [-0.05, 0) is 53.2 Å². The number of nitrogens with zero attached hydrogens (tertiary/aromatic N) is 3. The third kappa shape index (κ3) is 3.23. The highest BCUT2D eigenvalue weighted by Crippen LogP contribution is 2.37. The Hall–Kier alpha value is -2.63. The lowest BCUT2D eigenvalue weighted by Crippen LogP contribution is -2.32. The van der Waals surface area contributed by atoms with E-state index in [1.165, 1.54) is 5.01 Å². The van der Waals surface area contributed by atoms with Crippen LogP contribution < -0.4 is 0 Å². The number of allylic oxidation sites excluding steroid dienone is 6. The van der Waals surface area contributed by atoms with Gasteiger partial charge < -0.3 is 10.0 Å². The zero-order chi connectivity index (χ0) is 19.8. The van der Waals surface area contributed by atoms with Gasteiger partial charge in [0.25, 0.3) is 5.91 Å². The molecule has 140 valence electrons. The van der Waals surface area contributed by atoms with E-state index in [0.717, 1.165) is 12.2 Å². The zero-order valence-corrected chi connectivity index (χ0v) is 16.5. The standard InChI is InChI=1S/C20H27N3O3/c1-8-22(7)13(5)10-9-12(4)15-18(24)17(19(15)25)16-14(6)21-23(11(2)3)20(16)26/h9-11,24H,8H2,1-7H3. The van der Waals surface area contributed by atoms with Gasteiger partial charge in [-0.3, -0.25) is 9.59 Å². The lowest BCUT2D eigenvalue weighted by molar-refractivity contribution is -0.127. The number of ketones is 1. The Labute approximate surface area is 154 Å². The number of carbonyl (C=O) groups excluding carboxylic acids is 2. The van der Waals surface area contributed by atoms with Gasteiger partial charge in [0.1, 0.15) is 5.76 Å².